The molecule has 1 aliphatic rings. The summed E-state index contributed by atoms with van der Waals surface area (Å²) in [7, 11) is 0. The van der Waals surface area contributed by atoms with Crippen LogP contribution < -0.4 is 5.32 Å². The molecule has 3 aromatic heterocycles. The number of hydrogen-bond acceptors (Lipinski definition) is 6. The van der Waals surface area contributed by atoms with Gasteiger partial charge >= 0.3 is 0 Å². The van der Waals surface area contributed by atoms with Crippen molar-refractivity contribution >= 4 is 5.91 Å². The van der Waals surface area contributed by atoms with Gasteiger partial charge in [0.05, 0.1) is 13.1 Å². The van der Waals surface area contributed by atoms with Crippen molar-refractivity contribution < 1.29 is 9.21 Å². The Morgan fingerprint density at radius 1 is 1.19 bits per heavy atom. The molecule has 8 heteroatoms. The number of hydrogen-bond donors (Lipinski definition) is 1. The Kier molecular flexibility index (Phi) is 4.97. The third-order valence-corrected chi connectivity index (χ3v) is 4.68. The molecule has 0 aromatic carbocycles. The van der Waals surface area contributed by atoms with Crippen molar-refractivity contribution in [3.63, 3.8) is 0 Å². The van der Waals surface area contributed by atoms with Gasteiger partial charge in [-0.25, -0.2) is 0 Å². The monoisotopic (exact) mass is 366 g/mol. The van der Waals surface area contributed by atoms with Gasteiger partial charge < -0.3 is 14.3 Å². The first-order chi connectivity index (χ1) is 13.2. The maximum Gasteiger partial charge on any atom is 0.270 e. The molecule has 0 radical (unpaired) electrons. The highest BCUT2D eigenvalue weighted by Gasteiger charge is 2.20. The second kappa shape index (κ2) is 7.71. The van der Waals surface area contributed by atoms with Gasteiger partial charge in [-0.05, 0) is 31.2 Å². The summed E-state index contributed by atoms with van der Waals surface area (Å²) >= 11 is 0. The van der Waals surface area contributed by atoms with Gasteiger partial charge in [0.15, 0.2) is 5.82 Å². The smallest absolute Gasteiger partial charge is 0.270 e. The highest BCUT2D eigenvalue weighted by Crippen LogP contribution is 2.14. The highest BCUT2D eigenvalue weighted by molar-refractivity contribution is 5.92. The first-order valence-corrected chi connectivity index (χ1v) is 9.07. The zero-order valence-electron chi connectivity index (χ0n) is 15.3. The fourth-order valence-electron chi connectivity index (χ4n) is 3.25. The fraction of sp³-hybridized carbons (Fsp3) is 0.368. The summed E-state index contributed by atoms with van der Waals surface area (Å²) in [5, 5.41) is 11.4. The summed E-state index contributed by atoms with van der Waals surface area (Å²) in [5.41, 5.74) is 0.396. The number of aromatic nitrogens is 4. The lowest BCUT2D eigenvalue weighted by atomic mass is 10.3. The van der Waals surface area contributed by atoms with Crippen molar-refractivity contribution in [1.82, 2.24) is 30.0 Å². The molecule has 1 aliphatic heterocycles. The lowest BCUT2D eigenvalue weighted by molar-refractivity contribution is 0.0944. The molecule has 3 aromatic rings. The average Bonchev–Trinajstić information content (AvgIpc) is 3.22. The van der Waals surface area contributed by atoms with E-state index in [1.54, 1.807) is 24.4 Å². The Morgan fingerprint density at radius 2 is 2.11 bits per heavy atom. The first-order valence-electron chi connectivity index (χ1n) is 9.07. The third kappa shape index (κ3) is 4.06. The minimum atomic E-state index is -0.212. The van der Waals surface area contributed by atoms with E-state index in [4.69, 9.17) is 4.42 Å². The summed E-state index contributed by atoms with van der Waals surface area (Å²) in [6.07, 6.45) is 2.42. The molecule has 4 heterocycles. The number of nitrogens with zero attached hydrogens (tertiary/aromatic N) is 5. The zero-order chi connectivity index (χ0) is 18.6. The Morgan fingerprint density at radius 3 is 2.89 bits per heavy atom. The zero-order valence-corrected chi connectivity index (χ0v) is 15.3. The molecular formula is C19H22N6O2. The molecule has 0 unspecified atom stereocenters. The van der Waals surface area contributed by atoms with E-state index >= 15 is 0 Å². The number of fused-ring (bicyclic) bond motifs is 1. The minimum Gasteiger partial charge on any atom is -0.465 e. The van der Waals surface area contributed by atoms with Crippen molar-refractivity contribution in [1.29, 1.82) is 0 Å². The molecular weight excluding hydrogens is 344 g/mol. The molecule has 0 spiro atoms. The number of rotatable bonds is 5. The second-order valence-corrected chi connectivity index (χ2v) is 6.62. The summed E-state index contributed by atoms with van der Waals surface area (Å²) in [5.74, 6) is 3.42. The van der Waals surface area contributed by atoms with Crippen LogP contribution in [0.3, 0.4) is 0 Å². The van der Waals surface area contributed by atoms with Crippen LogP contribution in [-0.4, -0.2) is 43.6 Å². The molecule has 0 bridgehead atoms. The van der Waals surface area contributed by atoms with E-state index in [1.165, 1.54) is 0 Å². The average molecular weight is 366 g/mol. The predicted molar refractivity (Wildman–Crippen MR) is 97.9 cm³/mol. The molecule has 0 fully saturated rings. The maximum absolute atomic E-state index is 12.2. The normalized spacial score (nSPS) is 14.6. The van der Waals surface area contributed by atoms with Gasteiger partial charge in [0.2, 0.25) is 0 Å². The molecule has 8 nitrogen and oxygen atoms in total. The summed E-state index contributed by atoms with van der Waals surface area (Å²) in [4.78, 5) is 18.6. The van der Waals surface area contributed by atoms with Crippen molar-refractivity contribution in [2.24, 2.45) is 0 Å². The SMILES string of the molecule is Cc1ccc(CN2CCc3nnc(CNC(=O)c4ccccn4)n3CC2)o1. The Labute approximate surface area is 157 Å². The number of amides is 1. The topological polar surface area (TPSA) is 89.1 Å². The molecule has 0 saturated heterocycles. The van der Waals surface area contributed by atoms with E-state index in [-0.39, 0.29) is 5.91 Å². The van der Waals surface area contributed by atoms with Gasteiger partial charge in [-0.15, -0.1) is 10.2 Å². The number of carbonyl (C=O) groups excluding carboxylic acids is 1. The van der Waals surface area contributed by atoms with E-state index in [0.717, 1.165) is 55.8 Å². The van der Waals surface area contributed by atoms with Gasteiger partial charge in [-0.1, -0.05) is 6.07 Å². The molecule has 27 heavy (non-hydrogen) atoms. The molecule has 140 valence electrons. The second-order valence-electron chi connectivity index (χ2n) is 6.62. The van der Waals surface area contributed by atoms with Gasteiger partial charge in [0.25, 0.3) is 5.91 Å². The lowest BCUT2D eigenvalue weighted by Crippen LogP contribution is -2.28. The van der Waals surface area contributed by atoms with Crippen molar-refractivity contribution in [2.75, 3.05) is 13.1 Å². The molecule has 1 N–H and O–H groups in total. The fourth-order valence-corrected chi connectivity index (χ4v) is 3.25. The quantitative estimate of drug-likeness (QED) is 0.737. The van der Waals surface area contributed by atoms with Crippen LogP contribution in [0.4, 0.5) is 0 Å². The molecule has 0 aliphatic carbocycles. The Bertz CT molecular complexity index is 917. The number of furan rings is 1. The standard InChI is InChI=1S/C19H22N6O2/c1-14-5-6-15(27-14)13-24-9-7-17-22-23-18(25(17)11-10-24)12-21-19(26)16-4-2-3-8-20-16/h2-6,8H,7,9-13H2,1H3,(H,21,26). The van der Waals surface area contributed by atoms with Gasteiger partial charge in [-0.3, -0.25) is 14.7 Å². The maximum atomic E-state index is 12.2. The van der Waals surface area contributed by atoms with Crippen molar-refractivity contribution in [2.45, 2.75) is 33.0 Å². The van der Waals surface area contributed by atoms with Crippen LogP contribution in [0.15, 0.2) is 40.9 Å². The minimum absolute atomic E-state index is 0.212. The van der Waals surface area contributed by atoms with Crippen LogP contribution in [-0.2, 0) is 26.1 Å². The Hall–Kier alpha value is -3.00. The largest absolute Gasteiger partial charge is 0.465 e. The van der Waals surface area contributed by atoms with Crippen molar-refractivity contribution in [3.05, 3.63) is 65.4 Å². The van der Waals surface area contributed by atoms with Crippen LogP contribution in [0.25, 0.3) is 0 Å². The molecule has 1 amide bonds. The Balaban J connectivity index is 1.37. The summed E-state index contributed by atoms with van der Waals surface area (Å²) in [6.45, 7) is 5.65. The van der Waals surface area contributed by atoms with Crippen molar-refractivity contribution in [3.8, 4) is 0 Å². The highest BCUT2D eigenvalue weighted by atomic mass is 16.3. The van der Waals surface area contributed by atoms with Crippen LogP contribution >= 0.6 is 0 Å². The molecule has 4 rings (SSSR count). The van der Waals surface area contributed by atoms with Gasteiger partial charge in [-0.2, -0.15) is 0 Å². The van der Waals surface area contributed by atoms with E-state index in [9.17, 15) is 4.79 Å². The van der Waals surface area contributed by atoms with Crippen LogP contribution in [0.5, 0.6) is 0 Å². The van der Waals surface area contributed by atoms with E-state index < -0.39 is 0 Å². The van der Waals surface area contributed by atoms with Gasteiger partial charge in [0, 0.05) is 32.3 Å². The number of pyridine rings is 1. The van der Waals surface area contributed by atoms with Crippen LogP contribution in [0, 0.1) is 6.92 Å². The van der Waals surface area contributed by atoms with Crippen LogP contribution in [0.2, 0.25) is 0 Å². The van der Waals surface area contributed by atoms with Gasteiger partial charge in [0.1, 0.15) is 23.0 Å². The first kappa shape index (κ1) is 17.4. The lowest BCUT2D eigenvalue weighted by Gasteiger charge is -2.18. The number of aryl methyl sites for hydroxylation is 1. The summed E-state index contributed by atoms with van der Waals surface area (Å²) in [6, 6.07) is 9.28. The third-order valence-electron chi connectivity index (χ3n) is 4.68. The van der Waals surface area contributed by atoms with E-state index in [1.807, 2.05) is 19.1 Å². The van der Waals surface area contributed by atoms with E-state index in [0.29, 0.717) is 12.2 Å². The number of nitrogens with one attached hydrogen (secondary N) is 1. The predicted octanol–water partition coefficient (Wildman–Crippen LogP) is 1.56. The van der Waals surface area contributed by atoms with Crippen LogP contribution in [0.1, 0.15) is 33.7 Å². The summed E-state index contributed by atoms with van der Waals surface area (Å²) < 4.78 is 7.79. The van der Waals surface area contributed by atoms with E-state index in [2.05, 4.69) is 30.0 Å². The number of carbonyl (C=O) groups is 1. The molecule has 0 saturated carbocycles. The molecule has 0 atom stereocenters.